The van der Waals surface area contributed by atoms with Crippen molar-refractivity contribution in [2.24, 2.45) is 7.05 Å². The molecule has 9 heteroatoms. The van der Waals surface area contributed by atoms with E-state index in [9.17, 15) is 9.90 Å². The van der Waals surface area contributed by atoms with Gasteiger partial charge in [-0.2, -0.15) is 5.10 Å². The van der Waals surface area contributed by atoms with E-state index in [1.165, 1.54) is 0 Å². The van der Waals surface area contributed by atoms with E-state index >= 15 is 0 Å². The van der Waals surface area contributed by atoms with Crippen LogP contribution in [-0.4, -0.2) is 41.5 Å². The van der Waals surface area contributed by atoms with Gasteiger partial charge in [0.05, 0.1) is 33.4 Å². The number of carbonyl (C=O) groups is 1. The van der Waals surface area contributed by atoms with Crippen LogP contribution in [0.4, 0.5) is 0 Å². The highest BCUT2D eigenvalue weighted by Crippen LogP contribution is 2.41. The minimum atomic E-state index is -0.868. The molecule has 0 aliphatic heterocycles. The lowest BCUT2D eigenvalue weighted by molar-refractivity contribution is -0.136. The van der Waals surface area contributed by atoms with Gasteiger partial charge in [0, 0.05) is 46.5 Å². The smallest absolute Gasteiger partial charge is 0.307 e. The van der Waals surface area contributed by atoms with Crippen molar-refractivity contribution in [1.82, 2.24) is 19.7 Å². The summed E-state index contributed by atoms with van der Waals surface area (Å²) in [6, 6.07) is 17.6. The molecular formula is C34H33ClN4O3S. The van der Waals surface area contributed by atoms with Crippen molar-refractivity contribution < 1.29 is 15.0 Å². The number of aliphatic carboxylic acids is 1. The fourth-order valence-electron chi connectivity index (χ4n) is 5.00. The summed E-state index contributed by atoms with van der Waals surface area (Å²) in [5.41, 5.74) is 8.81. The van der Waals surface area contributed by atoms with Crippen LogP contribution >= 0.6 is 22.9 Å². The summed E-state index contributed by atoms with van der Waals surface area (Å²) in [7, 11) is 1.92. The third-order valence-electron chi connectivity index (χ3n) is 6.83. The predicted molar refractivity (Wildman–Crippen MR) is 176 cm³/mol. The lowest BCUT2D eigenvalue weighted by Crippen LogP contribution is -2.10. The summed E-state index contributed by atoms with van der Waals surface area (Å²) >= 11 is 7.71. The van der Waals surface area contributed by atoms with Crippen LogP contribution in [0.3, 0.4) is 0 Å². The van der Waals surface area contributed by atoms with Crippen molar-refractivity contribution in [3.8, 4) is 33.0 Å². The summed E-state index contributed by atoms with van der Waals surface area (Å²) in [6.45, 7) is 9.27. The molecule has 220 valence electrons. The zero-order chi connectivity index (χ0) is 31.1. The van der Waals surface area contributed by atoms with Crippen LogP contribution in [0.15, 0.2) is 67.0 Å². The van der Waals surface area contributed by atoms with E-state index < -0.39 is 11.6 Å². The molecule has 3 aromatic heterocycles. The number of aryl methyl sites for hydroxylation is 3. The monoisotopic (exact) mass is 612 g/mol. The van der Waals surface area contributed by atoms with E-state index in [-0.39, 0.29) is 6.42 Å². The Kier molecular flexibility index (Phi) is 8.38. The molecule has 0 bridgehead atoms. The van der Waals surface area contributed by atoms with Crippen molar-refractivity contribution in [1.29, 1.82) is 0 Å². The Hall–Kier alpha value is -4.11. The number of rotatable bonds is 5. The lowest BCUT2D eigenvalue weighted by Gasteiger charge is -2.13. The second-order valence-corrected chi connectivity index (χ2v) is 13.0. The molecule has 0 aliphatic carbocycles. The molecule has 2 N–H and O–H groups in total. The van der Waals surface area contributed by atoms with Crippen molar-refractivity contribution in [2.75, 3.05) is 0 Å². The Labute approximate surface area is 259 Å². The maximum atomic E-state index is 11.8. The summed E-state index contributed by atoms with van der Waals surface area (Å²) in [4.78, 5) is 21.4. The number of carboxylic acid groups (broad SMARTS) is 1. The number of thiazole rings is 1. The zero-order valence-corrected chi connectivity index (χ0v) is 26.5. The summed E-state index contributed by atoms with van der Waals surface area (Å²) in [6.07, 6.45) is 3.77. The summed E-state index contributed by atoms with van der Waals surface area (Å²) in [5, 5.41) is 25.3. The molecule has 0 saturated heterocycles. The van der Waals surface area contributed by atoms with Gasteiger partial charge in [-0.3, -0.25) is 14.5 Å². The molecule has 0 aliphatic rings. The first-order chi connectivity index (χ1) is 20.3. The van der Waals surface area contributed by atoms with E-state index in [0.717, 1.165) is 70.8 Å². The van der Waals surface area contributed by atoms with Gasteiger partial charge in [0.25, 0.3) is 0 Å². The number of pyridine rings is 1. The van der Waals surface area contributed by atoms with Gasteiger partial charge in [0.1, 0.15) is 5.01 Å². The van der Waals surface area contributed by atoms with Gasteiger partial charge in [-0.1, -0.05) is 29.8 Å². The van der Waals surface area contributed by atoms with E-state index in [2.05, 4.69) is 29.1 Å². The first-order valence-electron chi connectivity index (χ1n) is 13.8. The Balaban J connectivity index is 0.000000682. The standard InChI is InChI=1S/C30H23ClN4O2S.C4H10O/c1-16-12-26-29(28(22(16)14-27(36)37)18-4-6-20(31)7-5-18)38-30(33-26)19-10-11-32-25(13-19)21-8-9-24-23(17(21)2)15-35(3)34-24;1-4(2,3)5/h4-13,15H,14H2,1-3H3,(H,36,37);5H,1-3H3. The maximum absolute atomic E-state index is 11.8. The van der Waals surface area contributed by atoms with Gasteiger partial charge in [-0.05, 0) is 93.3 Å². The first kappa shape index (κ1) is 30.4. The normalized spacial score (nSPS) is 11.5. The van der Waals surface area contributed by atoms with Crippen molar-refractivity contribution in [2.45, 2.75) is 46.6 Å². The average Bonchev–Trinajstić information content (AvgIpc) is 3.52. The van der Waals surface area contributed by atoms with Crippen LogP contribution in [0.25, 0.3) is 54.1 Å². The van der Waals surface area contributed by atoms with E-state index in [4.69, 9.17) is 21.7 Å². The second-order valence-electron chi connectivity index (χ2n) is 11.6. The number of carboxylic acids is 1. The number of halogens is 1. The van der Waals surface area contributed by atoms with Gasteiger partial charge in [-0.25, -0.2) is 4.98 Å². The number of nitrogens with zero attached hydrogens (tertiary/aromatic N) is 4. The second kappa shape index (κ2) is 11.9. The molecule has 0 amide bonds. The third kappa shape index (κ3) is 6.77. The Morgan fingerprint density at radius 1 is 1.00 bits per heavy atom. The first-order valence-corrected chi connectivity index (χ1v) is 15.0. The van der Waals surface area contributed by atoms with Crippen LogP contribution in [-0.2, 0) is 18.3 Å². The van der Waals surface area contributed by atoms with E-state index in [1.807, 2.05) is 73.5 Å². The maximum Gasteiger partial charge on any atom is 0.307 e. The fourth-order valence-corrected chi connectivity index (χ4v) is 6.26. The number of aliphatic hydroxyl groups is 1. The van der Waals surface area contributed by atoms with Gasteiger partial charge >= 0.3 is 5.97 Å². The van der Waals surface area contributed by atoms with Crippen LogP contribution in [0.5, 0.6) is 0 Å². The molecule has 0 saturated carbocycles. The minimum absolute atomic E-state index is 0.0670. The van der Waals surface area contributed by atoms with Crippen molar-refractivity contribution in [3.05, 3.63) is 88.7 Å². The van der Waals surface area contributed by atoms with Crippen molar-refractivity contribution in [3.63, 3.8) is 0 Å². The molecule has 3 aromatic carbocycles. The molecule has 43 heavy (non-hydrogen) atoms. The van der Waals surface area contributed by atoms with Crippen LogP contribution < -0.4 is 0 Å². The van der Waals surface area contributed by atoms with Gasteiger partial charge in [-0.15, -0.1) is 11.3 Å². The van der Waals surface area contributed by atoms with E-state index in [1.54, 1.807) is 32.1 Å². The highest BCUT2D eigenvalue weighted by atomic mass is 35.5. The van der Waals surface area contributed by atoms with E-state index in [0.29, 0.717) is 5.02 Å². The Bertz CT molecular complexity index is 1960. The Morgan fingerprint density at radius 2 is 1.70 bits per heavy atom. The van der Waals surface area contributed by atoms with Gasteiger partial charge in [0.15, 0.2) is 0 Å². The predicted octanol–water partition coefficient (Wildman–Crippen LogP) is 8.25. The summed E-state index contributed by atoms with van der Waals surface area (Å²) < 4.78 is 2.78. The quantitative estimate of drug-likeness (QED) is 0.203. The Morgan fingerprint density at radius 3 is 2.37 bits per heavy atom. The number of fused-ring (bicyclic) bond motifs is 2. The van der Waals surface area contributed by atoms with Crippen molar-refractivity contribution >= 4 is 50.0 Å². The lowest BCUT2D eigenvalue weighted by atomic mass is 9.93. The molecular weight excluding hydrogens is 580 g/mol. The van der Waals surface area contributed by atoms with Gasteiger partial charge in [0.2, 0.25) is 0 Å². The molecule has 7 nitrogen and oxygen atoms in total. The average molecular weight is 613 g/mol. The van der Waals surface area contributed by atoms with Gasteiger partial charge < -0.3 is 10.2 Å². The highest BCUT2D eigenvalue weighted by Gasteiger charge is 2.20. The number of hydrogen-bond donors (Lipinski definition) is 2. The molecule has 3 heterocycles. The molecule has 6 rings (SSSR count). The molecule has 0 unspecified atom stereocenters. The molecule has 0 spiro atoms. The van der Waals surface area contributed by atoms with Crippen LogP contribution in [0.1, 0.15) is 37.5 Å². The number of aromatic nitrogens is 4. The minimum Gasteiger partial charge on any atom is -0.481 e. The van der Waals surface area contributed by atoms with Crippen LogP contribution in [0, 0.1) is 13.8 Å². The number of benzene rings is 3. The van der Waals surface area contributed by atoms with Crippen LogP contribution in [0.2, 0.25) is 5.02 Å². The molecule has 6 aromatic rings. The molecule has 0 radical (unpaired) electrons. The molecule has 0 atom stereocenters. The largest absolute Gasteiger partial charge is 0.481 e. The topological polar surface area (TPSA) is 101 Å². The summed E-state index contributed by atoms with van der Waals surface area (Å²) in [5.74, 6) is -0.868. The SMILES string of the molecule is CC(C)(C)O.Cc1cc2nc(-c3ccnc(-c4ccc5nn(C)cc5c4C)c3)sc2c(-c2ccc(Cl)cc2)c1CC(=O)O. The fraction of sp³-hybridized carbons (Fsp3) is 0.235. The zero-order valence-electron chi connectivity index (χ0n) is 24.9. The molecule has 0 fully saturated rings. The third-order valence-corrected chi connectivity index (χ3v) is 8.22. The highest BCUT2D eigenvalue weighted by molar-refractivity contribution is 7.22. The number of hydrogen-bond acceptors (Lipinski definition) is 6.